The lowest BCUT2D eigenvalue weighted by Gasteiger charge is -2.20. The van der Waals surface area contributed by atoms with Gasteiger partial charge < -0.3 is 14.4 Å². The lowest BCUT2D eigenvalue weighted by atomic mass is 9.92. The summed E-state index contributed by atoms with van der Waals surface area (Å²) in [7, 11) is 0. The lowest BCUT2D eigenvalue weighted by molar-refractivity contribution is 0.446. The number of aromatic hydroxyl groups is 1. The van der Waals surface area contributed by atoms with Crippen LogP contribution in [0.1, 0.15) is 45.6 Å². The molecule has 1 aromatic heterocycles. The van der Waals surface area contributed by atoms with E-state index >= 15 is 0 Å². The number of nitrogens with zero attached hydrogens (tertiary/aromatic N) is 3. The summed E-state index contributed by atoms with van der Waals surface area (Å²) in [6.07, 6.45) is 5.57. The number of hydrogen-bond acceptors (Lipinski definition) is 4. The highest BCUT2D eigenvalue weighted by molar-refractivity contribution is 5.57. The molecule has 0 spiro atoms. The van der Waals surface area contributed by atoms with Gasteiger partial charge in [-0.1, -0.05) is 12.1 Å². The molecule has 4 rings (SSSR count). The highest BCUT2D eigenvalue weighted by Crippen LogP contribution is 2.24. The van der Waals surface area contributed by atoms with Gasteiger partial charge in [0.25, 0.3) is 0 Å². The Labute approximate surface area is 183 Å². The van der Waals surface area contributed by atoms with Gasteiger partial charge in [-0.2, -0.15) is 4.99 Å². The Kier molecular flexibility index (Phi) is 6.31. The van der Waals surface area contributed by atoms with Crippen LogP contribution in [0.3, 0.4) is 0 Å². The van der Waals surface area contributed by atoms with Gasteiger partial charge in [-0.3, -0.25) is 4.57 Å². The van der Waals surface area contributed by atoms with Crippen molar-refractivity contribution in [3.63, 3.8) is 0 Å². The molecule has 0 atom stereocenters. The summed E-state index contributed by atoms with van der Waals surface area (Å²) in [4.78, 5) is 7.06. The van der Waals surface area contributed by atoms with Crippen LogP contribution in [0.4, 0.5) is 11.4 Å². The van der Waals surface area contributed by atoms with Gasteiger partial charge in [0.1, 0.15) is 5.75 Å². The molecule has 0 saturated heterocycles. The predicted octanol–water partition coefficient (Wildman–Crippen LogP) is 4.05. The maximum atomic E-state index is 9.55. The van der Waals surface area contributed by atoms with Crippen molar-refractivity contribution in [3.8, 4) is 5.75 Å². The van der Waals surface area contributed by atoms with Crippen molar-refractivity contribution in [1.29, 1.82) is 0 Å². The van der Waals surface area contributed by atoms with Crippen LogP contribution in [0.15, 0.2) is 57.9 Å². The summed E-state index contributed by atoms with van der Waals surface area (Å²) < 4.78 is 8.46. The number of benzene rings is 2. The Balaban J connectivity index is 1.84. The molecule has 2 aromatic carbocycles. The fourth-order valence-electron chi connectivity index (χ4n) is 4.02. The Bertz CT molecular complexity index is 1210. The third kappa shape index (κ3) is 4.46. The summed E-state index contributed by atoms with van der Waals surface area (Å²) in [5.74, 6) is 0.231. The van der Waals surface area contributed by atoms with Crippen LogP contribution in [0.2, 0.25) is 0 Å². The summed E-state index contributed by atoms with van der Waals surface area (Å²) in [6, 6.07) is 15.5. The van der Waals surface area contributed by atoms with Crippen molar-refractivity contribution >= 4 is 23.0 Å². The molecule has 0 aliphatic heterocycles. The monoisotopic (exact) mass is 417 g/mol. The number of aromatic nitrogens is 1. The Morgan fingerprint density at radius 3 is 2.23 bits per heavy atom. The molecule has 1 heterocycles. The molecule has 0 amide bonds. The second-order valence-corrected chi connectivity index (χ2v) is 7.84. The number of anilines is 1. The second kappa shape index (κ2) is 9.29. The molecule has 1 aliphatic rings. The van der Waals surface area contributed by atoms with Gasteiger partial charge in [-0.15, -0.1) is 0 Å². The molecular formula is C26H31N3O2. The third-order valence-electron chi connectivity index (χ3n) is 5.94. The first-order valence-corrected chi connectivity index (χ1v) is 11.2. The minimum Gasteiger partial charge on any atom is -0.508 e. The number of phenolic OH excluding ortho intramolecular Hbond substituents is 1. The molecule has 3 aromatic rings. The first-order valence-electron chi connectivity index (χ1n) is 11.2. The van der Waals surface area contributed by atoms with Crippen molar-refractivity contribution in [3.05, 3.63) is 70.5 Å². The molecule has 1 saturated carbocycles. The molecule has 5 heteroatoms. The van der Waals surface area contributed by atoms with Gasteiger partial charge >= 0.3 is 5.68 Å². The smallest absolute Gasteiger partial charge is 0.302 e. The quantitative estimate of drug-likeness (QED) is 0.658. The predicted molar refractivity (Wildman–Crippen MR) is 126 cm³/mol. The molecular weight excluding hydrogens is 386 g/mol. The fraction of sp³-hybridized carbons (Fsp3) is 0.346. The van der Waals surface area contributed by atoms with E-state index in [1.54, 1.807) is 24.3 Å². The normalized spacial score (nSPS) is 14.7. The highest BCUT2D eigenvalue weighted by Gasteiger charge is 2.15. The third-order valence-corrected chi connectivity index (χ3v) is 5.94. The average Bonchev–Trinajstić information content (AvgIpc) is 3.07. The van der Waals surface area contributed by atoms with Crippen molar-refractivity contribution in [2.45, 2.75) is 46.6 Å². The van der Waals surface area contributed by atoms with Crippen LogP contribution in [-0.4, -0.2) is 22.8 Å². The lowest BCUT2D eigenvalue weighted by Crippen LogP contribution is -2.36. The Morgan fingerprint density at radius 1 is 1.00 bits per heavy atom. The van der Waals surface area contributed by atoms with Gasteiger partial charge in [-0.05, 0) is 93.6 Å². The van der Waals surface area contributed by atoms with E-state index in [1.807, 2.05) is 0 Å². The number of hydrogen-bond donors (Lipinski definition) is 1. The zero-order chi connectivity index (χ0) is 21.8. The van der Waals surface area contributed by atoms with Crippen molar-refractivity contribution in [1.82, 2.24) is 4.57 Å². The van der Waals surface area contributed by atoms with Crippen LogP contribution in [0.5, 0.6) is 5.75 Å². The van der Waals surface area contributed by atoms with E-state index in [0.29, 0.717) is 5.68 Å². The summed E-state index contributed by atoms with van der Waals surface area (Å²) in [5.41, 5.74) is 6.00. The van der Waals surface area contributed by atoms with Gasteiger partial charge in [0, 0.05) is 25.3 Å². The minimum absolute atomic E-state index is 0.231. The Morgan fingerprint density at radius 2 is 1.68 bits per heavy atom. The van der Waals surface area contributed by atoms with E-state index in [4.69, 9.17) is 9.41 Å². The molecule has 5 nitrogen and oxygen atoms in total. The number of phenols is 1. The van der Waals surface area contributed by atoms with Crippen LogP contribution < -0.4 is 21.3 Å². The van der Waals surface area contributed by atoms with Crippen molar-refractivity contribution < 1.29 is 9.52 Å². The van der Waals surface area contributed by atoms with Crippen LogP contribution in [0.25, 0.3) is 11.6 Å². The number of rotatable bonds is 6. The first-order chi connectivity index (χ1) is 15.1. The van der Waals surface area contributed by atoms with Gasteiger partial charge in [0.2, 0.25) is 0 Å². The molecule has 31 heavy (non-hydrogen) atoms. The molecule has 162 valence electrons. The van der Waals surface area contributed by atoms with E-state index in [9.17, 15) is 5.11 Å². The van der Waals surface area contributed by atoms with Gasteiger partial charge in [0.15, 0.2) is 5.42 Å². The van der Waals surface area contributed by atoms with E-state index in [1.165, 1.54) is 23.0 Å². The van der Waals surface area contributed by atoms with E-state index in [2.05, 4.69) is 60.6 Å². The van der Waals surface area contributed by atoms with Crippen molar-refractivity contribution in [2.75, 3.05) is 18.0 Å². The van der Waals surface area contributed by atoms with Crippen molar-refractivity contribution in [2.24, 2.45) is 4.99 Å². The second-order valence-electron chi connectivity index (χ2n) is 7.84. The fourth-order valence-corrected chi connectivity index (χ4v) is 4.02. The highest BCUT2D eigenvalue weighted by atomic mass is 16.3. The zero-order valence-corrected chi connectivity index (χ0v) is 18.6. The molecule has 0 radical (unpaired) electrons. The zero-order valence-electron chi connectivity index (χ0n) is 18.6. The number of oxazole rings is 1. The molecule has 1 aliphatic carbocycles. The molecule has 0 unspecified atom stereocenters. The summed E-state index contributed by atoms with van der Waals surface area (Å²) >= 11 is 0. The Hall–Kier alpha value is -3.21. The van der Waals surface area contributed by atoms with E-state index < -0.39 is 0 Å². The maximum Gasteiger partial charge on any atom is 0.302 e. The summed E-state index contributed by atoms with van der Waals surface area (Å²) in [5, 5.41) is 10.7. The first kappa shape index (κ1) is 21.0. The van der Waals surface area contributed by atoms with Crippen LogP contribution in [-0.2, 0) is 6.54 Å². The topological polar surface area (TPSA) is 53.9 Å². The largest absolute Gasteiger partial charge is 0.508 e. The maximum absolute atomic E-state index is 9.55. The van der Waals surface area contributed by atoms with Gasteiger partial charge in [0.05, 0.1) is 11.0 Å². The van der Waals surface area contributed by atoms with Gasteiger partial charge in [-0.25, -0.2) is 0 Å². The van der Waals surface area contributed by atoms with Crippen LogP contribution in [0, 0.1) is 0 Å². The minimum atomic E-state index is 0.231. The van der Waals surface area contributed by atoms with E-state index in [0.717, 1.165) is 49.1 Å². The SMILES string of the molecule is CCN(CC)c1ccc(/C=c2/oc(=Nc3ccc(O)cc3)n(CC)c2=C2CCC2)cc1. The standard InChI is InChI=1S/C26H31N3O2/c1-4-28(5-2)22-14-10-19(11-15-22)18-24-25(20-8-7-9-20)29(6-3)26(31-24)27-21-12-16-23(30)17-13-21/h10-18,30H,4-9H2,1-3H3/b24-18+,27-26?. The van der Waals surface area contributed by atoms with Crippen LogP contribution >= 0.6 is 0 Å². The molecule has 0 bridgehead atoms. The molecule has 1 fully saturated rings. The molecule has 1 N–H and O–H groups in total. The van der Waals surface area contributed by atoms with E-state index in [-0.39, 0.29) is 5.75 Å². The summed E-state index contributed by atoms with van der Waals surface area (Å²) in [6.45, 7) is 9.26. The average molecular weight is 418 g/mol.